The van der Waals surface area contributed by atoms with Crippen molar-refractivity contribution in [1.82, 2.24) is 5.32 Å². The summed E-state index contributed by atoms with van der Waals surface area (Å²) in [5, 5.41) is 3.82. The van der Waals surface area contributed by atoms with Crippen LogP contribution in [-0.4, -0.2) is 42.7 Å². The molecule has 2 unspecified atom stereocenters. The molecule has 0 radical (unpaired) electrons. The van der Waals surface area contributed by atoms with E-state index in [0.717, 1.165) is 38.2 Å². The van der Waals surface area contributed by atoms with Crippen molar-refractivity contribution in [1.29, 1.82) is 0 Å². The van der Waals surface area contributed by atoms with Gasteiger partial charge in [0.15, 0.2) is 0 Å². The molecule has 0 saturated heterocycles. The molecule has 4 nitrogen and oxygen atoms in total. The van der Waals surface area contributed by atoms with Gasteiger partial charge < -0.3 is 15.8 Å². The Kier molecular flexibility index (Phi) is 6.30. The van der Waals surface area contributed by atoms with Crippen LogP contribution < -0.4 is 11.1 Å². The standard InChI is InChI=1S/C12H24N2O2S/c1-3-14-12(11(13)15)6-4-5-10(9-12)17-8-7-16-2/h10,14H,3-9H2,1-2H3,(H2,13,15). The summed E-state index contributed by atoms with van der Waals surface area (Å²) in [4.78, 5) is 11.7. The highest BCUT2D eigenvalue weighted by atomic mass is 32.2. The lowest BCUT2D eigenvalue weighted by Crippen LogP contribution is -2.58. The lowest BCUT2D eigenvalue weighted by molar-refractivity contribution is -0.125. The van der Waals surface area contributed by atoms with E-state index in [1.165, 1.54) is 6.42 Å². The average molecular weight is 260 g/mol. The van der Waals surface area contributed by atoms with Gasteiger partial charge in [-0.3, -0.25) is 4.79 Å². The Bertz CT molecular complexity index is 247. The zero-order valence-corrected chi connectivity index (χ0v) is 11.6. The van der Waals surface area contributed by atoms with Crippen LogP contribution in [0.4, 0.5) is 0 Å². The fourth-order valence-corrected chi connectivity index (χ4v) is 3.81. The summed E-state index contributed by atoms with van der Waals surface area (Å²) in [5.41, 5.74) is 5.10. The Morgan fingerprint density at radius 1 is 1.65 bits per heavy atom. The van der Waals surface area contributed by atoms with Crippen LogP contribution in [0.5, 0.6) is 0 Å². The highest BCUT2D eigenvalue weighted by Gasteiger charge is 2.40. The van der Waals surface area contributed by atoms with E-state index in [0.29, 0.717) is 5.25 Å². The van der Waals surface area contributed by atoms with E-state index in [2.05, 4.69) is 5.32 Å². The Hall–Kier alpha value is -0.260. The van der Waals surface area contributed by atoms with Crippen LogP contribution in [0.3, 0.4) is 0 Å². The summed E-state index contributed by atoms with van der Waals surface area (Å²) >= 11 is 1.89. The molecule has 2 atom stereocenters. The van der Waals surface area contributed by atoms with Crippen molar-refractivity contribution in [2.24, 2.45) is 5.73 Å². The molecule has 0 aromatic carbocycles. The Morgan fingerprint density at radius 2 is 2.41 bits per heavy atom. The molecule has 0 aliphatic heterocycles. The lowest BCUT2D eigenvalue weighted by atomic mass is 9.80. The first-order valence-corrected chi connectivity index (χ1v) is 7.35. The summed E-state index contributed by atoms with van der Waals surface area (Å²) in [6.45, 7) is 3.58. The second-order valence-electron chi connectivity index (χ2n) is 4.56. The molecule has 1 aliphatic carbocycles. The predicted octanol–water partition coefficient (Wildman–Crippen LogP) is 1.14. The van der Waals surface area contributed by atoms with Crippen LogP contribution in [0.1, 0.15) is 32.6 Å². The van der Waals surface area contributed by atoms with Crippen LogP contribution in [-0.2, 0) is 9.53 Å². The highest BCUT2D eigenvalue weighted by molar-refractivity contribution is 7.99. The first-order chi connectivity index (χ1) is 8.14. The minimum atomic E-state index is -0.474. The van der Waals surface area contributed by atoms with Gasteiger partial charge in [0, 0.05) is 18.1 Å². The van der Waals surface area contributed by atoms with Gasteiger partial charge >= 0.3 is 0 Å². The molecule has 0 heterocycles. The third-order valence-electron chi connectivity index (χ3n) is 3.33. The predicted molar refractivity (Wildman–Crippen MR) is 72.2 cm³/mol. The van der Waals surface area contributed by atoms with Crippen LogP contribution in [0.15, 0.2) is 0 Å². The third kappa shape index (κ3) is 4.16. The number of hydrogen-bond acceptors (Lipinski definition) is 4. The molecule has 1 fully saturated rings. The summed E-state index contributed by atoms with van der Waals surface area (Å²) < 4.78 is 5.05. The number of primary amides is 1. The Morgan fingerprint density at radius 3 is 3.00 bits per heavy atom. The minimum absolute atomic E-state index is 0.198. The van der Waals surface area contributed by atoms with Gasteiger partial charge in [-0.25, -0.2) is 0 Å². The SMILES string of the molecule is CCNC1(C(N)=O)CCCC(SCCOC)C1. The second kappa shape index (κ2) is 7.24. The molecule has 100 valence electrons. The topological polar surface area (TPSA) is 64.3 Å². The summed E-state index contributed by atoms with van der Waals surface area (Å²) in [7, 11) is 1.72. The first kappa shape index (κ1) is 14.8. The van der Waals surface area contributed by atoms with Gasteiger partial charge in [-0.05, 0) is 32.2 Å². The van der Waals surface area contributed by atoms with Crippen LogP contribution in [0, 0.1) is 0 Å². The maximum atomic E-state index is 11.7. The van der Waals surface area contributed by atoms with Gasteiger partial charge in [0.1, 0.15) is 0 Å². The van der Waals surface area contributed by atoms with Crippen molar-refractivity contribution >= 4 is 17.7 Å². The molecule has 1 aliphatic rings. The molecular formula is C12H24N2O2S. The van der Waals surface area contributed by atoms with Gasteiger partial charge in [0.05, 0.1) is 12.1 Å². The van der Waals surface area contributed by atoms with Crippen molar-refractivity contribution in [2.75, 3.05) is 26.0 Å². The van der Waals surface area contributed by atoms with E-state index in [1.54, 1.807) is 7.11 Å². The minimum Gasteiger partial charge on any atom is -0.384 e. The number of carbonyl (C=O) groups is 1. The number of hydrogen-bond donors (Lipinski definition) is 2. The molecule has 0 aromatic heterocycles. The van der Waals surface area contributed by atoms with Crippen molar-refractivity contribution in [3.63, 3.8) is 0 Å². The quantitative estimate of drug-likeness (QED) is 0.674. The van der Waals surface area contributed by atoms with E-state index in [4.69, 9.17) is 10.5 Å². The van der Waals surface area contributed by atoms with Crippen LogP contribution in [0.2, 0.25) is 0 Å². The van der Waals surface area contributed by atoms with Crippen LogP contribution in [0.25, 0.3) is 0 Å². The number of carbonyl (C=O) groups excluding carboxylic acids is 1. The number of amides is 1. The fraction of sp³-hybridized carbons (Fsp3) is 0.917. The molecule has 0 spiro atoms. The van der Waals surface area contributed by atoms with Crippen molar-refractivity contribution in [2.45, 2.75) is 43.4 Å². The maximum absolute atomic E-state index is 11.7. The number of nitrogens with two attached hydrogens (primary N) is 1. The molecule has 5 heteroatoms. The Labute approximate surface area is 108 Å². The molecule has 0 bridgehead atoms. The second-order valence-corrected chi connectivity index (χ2v) is 5.97. The molecule has 1 saturated carbocycles. The highest BCUT2D eigenvalue weighted by Crippen LogP contribution is 2.34. The average Bonchev–Trinajstić information content (AvgIpc) is 2.30. The summed E-state index contributed by atoms with van der Waals surface area (Å²) in [5.74, 6) is 0.790. The zero-order valence-electron chi connectivity index (χ0n) is 10.8. The number of ether oxygens (including phenoxy) is 1. The number of thioether (sulfide) groups is 1. The zero-order chi connectivity index (χ0) is 12.7. The molecule has 3 N–H and O–H groups in total. The van der Waals surface area contributed by atoms with Gasteiger partial charge in [-0.2, -0.15) is 11.8 Å². The smallest absolute Gasteiger partial charge is 0.237 e. The maximum Gasteiger partial charge on any atom is 0.237 e. The largest absolute Gasteiger partial charge is 0.384 e. The Balaban J connectivity index is 2.52. The number of rotatable bonds is 7. The number of nitrogens with one attached hydrogen (secondary N) is 1. The molecule has 1 amide bonds. The molecule has 0 aromatic rings. The summed E-state index contributed by atoms with van der Waals surface area (Å²) in [6.07, 6.45) is 3.97. The van der Waals surface area contributed by atoms with E-state index >= 15 is 0 Å². The van der Waals surface area contributed by atoms with E-state index in [-0.39, 0.29) is 5.91 Å². The monoisotopic (exact) mass is 260 g/mol. The lowest BCUT2D eigenvalue weighted by Gasteiger charge is -2.39. The van der Waals surface area contributed by atoms with Crippen molar-refractivity contribution < 1.29 is 9.53 Å². The molecular weight excluding hydrogens is 236 g/mol. The first-order valence-electron chi connectivity index (χ1n) is 6.30. The van der Waals surface area contributed by atoms with Gasteiger partial charge in [-0.1, -0.05) is 6.92 Å². The normalized spacial score (nSPS) is 29.2. The summed E-state index contributed by atoms with van der Waals surface area (Å²) in [6, 6.07) is 0. The van der Waals surface area contributed by atoms with E-state index < -0.39 is 5.54 Å². The number of methoxy groups -OCH3 is 1. The number of likely N-dealkylation sites (N-methyl/N-ethyl adjacent to an activating group) is 1. The van der Waals surface area contributed by atoms with Gasteiger partial charge in [-0.15, -0.1) is 0 Å². The van der Waals surface area contributed by atoms with Gasteiger partial charge in [0.25, 0.3) is 0 Å². The fourth-order valence-electron chi connectivity index (χ4n) is 2.47. The van der Waals surface area contributed by atoms with Gasteiger partial charge in [0.2, 0.25) is 5.91 Å². The third-order valence-corrected chi connectivity index (χ3v) is 4.61. The molecule has 17 heavy (non-hydrogen) atoms. The molecule has 1 rings (SSSR count). The van der Waals surface area contributed by atoms with Crippen molar-refractivity contribution in [3.05, 3.63) is 0 Å². The van der Waals surface area contributed by atoms with Crippen LogP contribution >= 0.6 is 11.8 Å². The van der Waals surface area contributed by atoms with Crippen molar-refractivity contribution in [3.8, 4) is 0 Å². The van der Waals surface area contributed by atoms with E-state index in [1.807, 2.05) is 18.7 Å². The van der Waals surface area contributed by atoms with E-state index in [9.17, 15) is 4.79 Å².